The highest BCUT2D eigenvalue weighted by molar-refractivity contribution is 6.37. The Morgan fingerprint density at radius 2 is 1.64 bits per heavy atom. The molecule has 2 amide bonds. The second-order valence-corrected chi connectivity index (χ2v) is 7.01. The van der Waals surface area contributed by atoms with Crippen LogP contribution in [0.5, 0.6) is 0 Å². The topological polar surface area (TPSA) is 58.2 Å². The number of anilines is 2. The lowest BCUT2D eigenvalue weighted by Crippen LogP contribution is -2.35. The molecule has 0 saturated heterocycles. The van der Waals surface area contributed by atoms with Crippen LogP contribution in [0.4, 0.5) is 11.4 Å². The lowest BCUT2D eigenvalue weighted by atomic mass is 10.0. The van der Waals surface area contributed by atoms with Crippen LogP contribution < -0.4 is 10.6 Å². The smallest absolute Gasteiger partial charge is 0.240 e. The van der Waals surface area contributed by atoms with Gasteiger partial charge >= 0.3 is 0 Å². The molecule has 0 radical (unpaired) electrons. The highest BCUT2D eigenvalue weighted by Crippen LogP contribution is 2.47. The summed E-state index contributed by atoms with van der Waals surface area (Å²) in [6.45, 7) is 2.07. The summed E-state index contributed by atoms with van der Waals surface area (Å²) in [6, 6.07) is 12.4. The van der Waals surface area contributed by atoms with E-state index in [4.69, 9.17) is 23.2 Å². The quantitative estimate of drug-likeness (QED) is 0.728. The van der Waals surface area contributed by atoms with Crippen LogP contribution in [0.3, 0.4) is 0 Å². The number of aryl methyl sites for hydroxylation is 1. The van der Waals surface area contributed by atoms with Crippen LogP contribution in [0.2, 0.25) is 10.0 Å². The summed E-state index contributed by atoms with van der Waals surface area (Å²) in [6.07, 6.45) is 1.97. The standard InChI is InChI=1S/C19H18Cl2N2O2/c1-2-12-3-6-14(7-4-12)22-17(24)19(9-10-19)18(25)23-16-8-5-13(20)11-15(16)21/h3-8,11H,2,9-10H2,1H3,(H,22,24)(H,23,25). The van der Waals surface area contributed by atoms with Crippen molar-refractivity contribution < 1.29 is 9.59 Å². The van der Waals surface area contributed by atoms with Gasteiger partial charge in [0.05, 0.1) is 10.7 Å². The summed E-state index contributed by atoms with van der Waals surface area (Å²) < 4.78 is 0. The molecule has 0 unspecified atom stereocenters. The Balaban J connectivity index is 1.69. The third-order valence-corrected chi connectivity index (χ3v) is 4.97. The fourth-order valence-electron chi connectivity index (χ4n) is 2.59. The Kier molecular flexibility index (Phi) is 5.02. The zero-order valence-electron chi connectivity index (χ0n) is 13.7. The monoisotopic (exact) mass is 376 g/mol. The highest BCUT2D eigenvalue weighted by atomic mass is 35.5. The number of hydrogen-bond acceptors (Lipinski definition) is 2. The van der Waals surface area contributed by atoms with Gasteiger partial charge in [-0.15, -0.1) is 0 Å². The highest BCUT2D eigenvalue weighted by Gasteiger charge is 2.56. The zero-order valence-corrected chi connectivity index (χ0v) is 15.2. The fourth-order valence-corrected chi connectivity index (χ4v) is 3.05. The van der Waals surface area contributed by atoms with E-state index in [-0.39, 0.29) is 11.8 Å². The molecule has 0 aliphatic heterocycles. The number of carbonyl (C=O) groups excluding carboxylic acids is 2. The largest absolute Gasteiger partial charge is 0.325 e. The van der Waals surface area contributed by atoms with Crippen molar-refractivity contribution >= 4 is 46.4 Å². The molecule has 0 spiro atoms. The maximum absolute atomic E-state index is 12.6. The van der Waals surface area contributed by atoms with E-state index >= 15 is 0 Å². The third kappa shape index (κ3) is 3.80. The van der Waals surface area contributed by atoms with Gasteiger partial charge in [-0.3, -0.25) is 9.59 Å². The van der Waals surface area contributed by atoms with Crippen molar-refractivity contribution in [2.24, 2.45) is 5.41 Å². The molecule has 2 aromatic rings. The molecule has 0 heterocycles. The average Bonchev–Trinajstić information content (AvgIpc) is 3.40. The first-order chi connectivity index (χ1) is 11.9. The molecule has 0 atom stereocenters. The first-order valence-electron chi connectivity index (χ1n) is 8.11. The van der Waals surface area contributed by atoms with Crippen LogP contribution in [-0.2, 0) is 16.0 Å². The van der Waals surface area contributed by atoms with E-state index in [9.17, 15) is 9.59 Å². The molecule has 6 heteroatoms. The van der Waals surface area contributed by atoms with E-state index in [0.717, 1.165) is 6.42 Å². The predicted octanol–water partition coefficient (Wildman–Crippen LogP) is 4.91. The van der Waals surface area contributed by atoms with E-state index in [2.05, 4.69) is 17.6 Å². The van der Waals surface area contributed by atoms with Crippen molar-refractivity contribution in [2.45, 2.75) is 26.2 Å². The Hall–Kier alpha value is -2.04. The predicted molar refractivity (Wildman–Crippen MR) is 101 cm³/mol. The van der Waals surface area contributed by atoms with E-state index < -0.39 is 5.41 Å². The molecule has 3 rings (SSSR count). The Morgan fingerprint density at radius 1 is 1.00 bits per heavy atom. The zero-order chi connectivity index (χ0) is 18.0. The molecule has 1 fully saturated rings. The fraction of sp³-hybridized carbons (Fsp3) is 0.263. The summed E-state index contributed by atoms with van der Waals surface area (Å²) in [4.78, 5) is 25.2. The van der Waals surface area contributed by atoms with Crippen LogP contribution in [0.25, 0.3) is 0 Å². The van der Waals surface area contributed by atoms with Gasteiger partial charge in [-0.2, -0.15) is 0 Å². The Bertz CT molecular complexity index is 815. The van der Waals surface area contributed by atoms with Gasteiger partial charge < -0.3 is 10.6 Å². The summed E-state index contributed by atoms with van der Waals surface area (Å²) in [5.74, 6) is -0.640. The molecule has 1 aliphatic rings. The first-order valence-corrected chi connectivity index (χ1v) is 8.87. The summed E-state index contributed by atoms with van der Waals surface area (Å²) >= 11 is 11.9. The van der Waals surface area contributed by atoms with Gasteiger partial charge in [0.25, 0.3) is 0 Å². The van der Waals surface area contributed by atoms with Crippen molar-refractivity contribution in [1.82, 2.24) is 0 Å². The van der Waals surface area contributed by atoms with E-state index in [1.54, 1.807) is 18.2 Å². The molecule has 2 N–H and O–H groups in total. The molecule has 0 bridgehead atoms. The van der Waals surface area contributed by atoms with Crippen molar-refractivity contribution in [2.75, 3.05) is 10.6 Å². The van der Waals surface area contributed by atoms with E-state index in [1.165, 1.54) is 5.56 Å². The normalized spacial score (nSPS) is 14.7. The number of carbonyl (C=O) groups is 2. The van der Waals surface area contributed by atoms with Crippen molar-refractivity contribution in [3.05, 3.63) is 58.1 Å². The molecule has 1 saturated carbocycles. The second kappa shape index (κ2) is 7.06. The number of rotatable bonds is 5. The van der Waals surface area contributed by atoms with Gasteiger partial charge in [0.2, 0.25) is 11.8 Å². The van der Waals surface area contributed by atoms with Crippen LogP contribution >= 0.6 is 23.2 Å². The average molecular weight is 377 g/mol. The molecule has 1 aliphatic carbocycles. The minimum Gasteiger partial charge on any atom is -0.325 e. The van der Waals surface area contributed by atoms with Gasteiger partial charge in [0.1, 0.15) is 5.41 Å². The van der Waals surface area contributed by atoms with Crippen LogP contribution in [0.15, 0.2) is 42.5 Å². The minimum atomic E-state index is -1.04. The van der Waals surface area contributed by atoms with Crippen LogP contribution in [-0.4, -0.2) is 11.8 Å². The molecule has 25 heavy (non-hydrogen) atoms. The number of amides is 2. The van der Waals surface area contributed by atoms with Gasteiger partial charge in [-0.25, -0.2) is 0 Å². The Morgan fingerprint density at radius 3 is 2.20 bits per heavy atom. The second-order valence-electron chi connectivity index (χ2n) is 6.17. The number of nitrogens with one attached hydrogen (secondary N) is 2. The number of benzene rings is 2. The van der Waals surface area contributed by atoms with Gasteiger partial charge in [-0.1, -0.05) is 42.3 Å². The lowest BCUT2D eigenvalue weighted by Gasteiger charge is -2.16. The van der Waals surface area contributed by atoms with Crippen LogP contribution in [0.1, 0.15) is 25.3 Å². The van der Waals surface area contributed by atoms with Gasteiger partial charge in [0, 0.05) is 10.7 Å². The number of halogens is 2. The SMILES string of the molecule is CCc1ccc(NC(=O)C2(C(=O)Nc3ccc(Cl)cc3Cl)CC2)cc1. The van der Waals surface area contributed by atoms with Crippen molar-refractivity contribution in [3.8, 4) is 0 Å². The summed E-state index contributed by atoms with van der Waals surface area (Å²) in [5.41, 5.74) is 1.29. The first kappa shape index (κ1) is 17.8. The lowest BCUT2D eigenvalue weighted by molar-refractivity contribution is -0.131. The summed E-state index contributed by atoms with van der Waals surface area (Å²) in [7, 11) is 0. The molecule has 130 valence electrons. The minimum absolute atomic E-state index is 0.292. The van der Waals surface area contributed by atoms with Crippen LogP contribution in [0, 0.1) is 5.41 Å². The molecule has 0 aromatic heterocycles. The molecular weight excluding hydrogens is 359 g/mol. The number of hydrogen-bond donors (Lipinski definition) is 2. The summed E-state index contributed by atoms with van der Waals surface area (Å²) in [5, 5.41) is 6.39. The molecular formula is C19H18Cl2N2O2. The maximum atomic E-state index is 12.6. The molecule has 2 aromatic carbocycles. The van der Waals surface area contributed by atoms with Crippen molar-refractivity contribution in [3.63, 3.8) is 0 Å². The van der Waals surface area contributed by atoms with Gasteiger partial charge in [-0.05, 0) is 55.2 Å². The van der Waals surface area contributed by atoms with Gasteiger partial charge in [0.15, 0.2) is 0 Å². The Labute approximate surface area is 156 Å². The maximum Gasteiger partial charge on any atom is 0.240 e. The third-order valence-electron chi connectivity index (χ3n) is 4.42. The van der Waals surface area contributed by atoms with E-state index in [1.807, 2.05) is 24.3 Å². The van der Waals surface area contributed by atoms with E-state index in [0.29, 0.717) is 34.3 Å². The van der Waals surface area contributed by atoms with Crippen molar-refractivity contribution in [1.29, 1.82) is 0 Å². The molecule has 4 nitrogen and oxygen atoms in total.